The lowest BCUT2D eigenvalue weighted by Gasteiger charge is -2.31. The summed E-state index contributed by atoms with van der Waals surface area (Å²) in [6.45, 7) is 2.42. The Morgan fingerprint density at radius 2 is 1.85 bits per heavy atom. The van der Waals surface area contributed by atoms with Crippen molar-refractivity contribution in [2.75, 3.05) is 23.4 Å². The number of nitro groups is 1. The van der Waals surface area contributed by atoms with Crippen LogP contribution in [0.5, 0.6) is 5.75 Å². The largest absolute Gasteiger partial charge is 0.487 e. The standard InChI is InChI=1S/C25H22FN3O5/c1-2-34-23-13-10-17(15-22(23)29(32)33)25(31)28-14-4-5-19-20(6-3-7-21(19)28)27-24(30)16-8-11-18(26)12-9-16/h3,6-13,15H,2,4-5,14H2,1H3,(H,27,30). The maximum Gasteiger partial charge on any atom is 0.311 e. The number of fused-ring (bicyclic) bond motifs is 1. The zero-order valence-corrected chi connectivity index (χ0v) is 18.4. The fourth-order valence-corrected chi connectivity index (χ4v) is 3.97. The van der Waals surface area contributed by atoms with Crippen LogP contribution in [0.2, 0.25) is 0 Å². The van der Waals surface area contributed by atoms with Crippen molar-refractivity contribution in [3.63, 3.8) is 0 Å². The van der Waals surface area contributed by atoms with Crippen molar-refractivity contribution in [2.24, 2.45) is 0 Å². The molecule has 0 saturated carbocycles. The highest BCUT2D eigenvalue weighted by Gasteiger charge is 2.28. The van der Waals surface area contributed by atoms with E-state index in [2.05, 4.69) is 5.32 Å². The number of hydrogen-bond donors (Lipinski definition) is 1. The van der Waals surface area contributed by atoms with Gasteiger partial charge < -0.3 is 15.0 Å². The Morgan fingerprint density at radius 1 is 1.12 bits per heavy atom. The molecule has 34 heavy (non-hydrogen) atoms. The van der Waals surface area contributed by atoms with E-state index in [4.69, 9.17) is 4.74 Å². The number of amides is 2. The predicted octanol–water partition coefficient (Wildman–Crippen LogP) is 4.98. The minimum absolute atomic E-state index is 0.105. The molecule has 4 rings (SSSR count). The van der Waals surface area contributed by atoms with Gasteiger partial charge in [0.25, 0.3) is 11.8 Å². The van der Waals surface area contributed by atoms with Crippen LogP contribution >= 0.6 is 0 Å². The molecule has 0 atom stereocenters. The van der Waals surface area contributed by atoms with E-state index >= 15 is 0 Å². The molecular formula is C25H22FN3O5. The van der Waals surface area contributed by atoms with Gasteiger partial charge in [-0.3, -0.25) is 19.7 Å². The summed E-state index contributed by atoms with van der Waals surface area (Å²) in [5, 5.41) is 14.3. The number of carbonyl (C=O) groups excluding carboxylic acids is 2. The van der Waals surface area contributed by atoms with E-state index in [0.29, 0.717) is 36.3 Å². The van der Waals surface area contributed by atoms with Gasteiger partial charge >= 0.3 is 5.69 Å². The van der Waals surface area contributed by atoms with E-state index in [9.17, 15) is 24.1 Å². The average molecular weight is 463 g/mol. The summed E-state index contributed by atoms with van der Waals surface area (Å²) in [5.41, 5.74) is 2.18. The van der Waals surface area contributed by atoms with Crippen molar-refractivity contribution in [3.05, 3.63) is 93.3 Å². The van der Waals surface area contributed by atoms with E-state index in [1.54, 1.807) is 30.0 Å². The molecule has 174 valence electrons. The minimum atomic E-state index is -0.574. The van der Waals surface area contributed by atoms with E-state index in [1.165, 1.54) is 42.5 Å². The van der Waals surface area contributed by atoms with Gasteiger partial charge in [0, 0.05) is 35.1 Å². The van der Waals surface area contributed by atoms with Gasteiger partial charge in [-0.2, -0.15) is 0 Å². The van der Waals surface area contributed by atoms with Crippen LogP contribution in [0.15, 0.2) is 60.7 Å². The van der Waals surface area contributed by atoms with E-state index in [1.807, 2.05) is 0 Å². The Kier molecular flexibility index (Phi) is 6.53. The van der Waals surface area contributed by atoms with Gasteiger partial charge in [-0.1, -0.05) is 6.07 Å². The SMILES string of the molecule is CCOc1ccc(C(=O)N2CCCc3c(NC(=O)c4ccc(F)cc4)cccc32)cc1[N+](=O)[O-]. The zero-order chi connectivity index (χ0) is 24.2. The number of nitro benzene ring substituents is 1. The molecule has 0 unspecified atom stereocenters. The normalized spacial score (nSPS) is 12.6. The van der Waals surface area contributed by atoms with Gasteiger partial charge in [0.05, 0.1) is 11.5 Å². The van der Waals surface area contributed by atoms with Gasteiger partial charge in [0.2, 0.25) is 0 Å². The Balaban J connectivity index is 1.63. The number of nitrogens with zero attached hydrogens (tertiary/aromatic N) is 2. The molecule has 3 aromatic rings. The first-order chi connectivity index (χ1) is 16.4. The zero-order valence-electron chi connectivity index (χ0n) is 18.4. The molecule has 0 aliphatic carbocycles. The Bertz CT molecular complexity index is 1260. The third-order valence-electron chi connectivity index (χ3n) is 5.55. The first-order valence-electron chi connectivity index (χ1n) is 10.8. The summed E-state index contributed by atoms with van der Waals surface area (Å²) in [4.78, 5) is 38.4. The average Bonchev–Trinajstić information content (AvgIpc) is 2.84. The quantitative estimate of drug-likeness (QED) is 0.410. The number of rotatable bonds is 6. The van der Waals surface area contributed by atoms with Gasteiger partial charge in [-0.05, 0) is 73.9 Å². The van der Waals surface area contributed by atoms with Crippen LogP contribution in [-0.2, 0) is 6.42 Å². The second-order valence-electron chi connectivity index (χ2n) is 7.70. The van der Waals surface area contributed by atoms with Crippen molar-refractivity contribution in [2.45, 2.75) is 19.8 Å². The first-order valence-corrected chi connectivity index (χ1v) is 10.8. The van der Waals surface area contributed by atoms with Crippen molar-refractivity contribution >= 4 is 28.9 Å². The third kappa shape index (κ3) is 4.59. The predicted molar refractivity (Wildman–Crippen MR) is 125 cm³/mol. The van der Waals surface area contributed by atoms with Crippen LogP contribution in [-0.4, -0.2) is 29.9 Å². The highest BCUT2D eigenvalue weighted by Crippen LogP contribution is 2.35. The fraction of sp³-hybridized carbons (Fsp3) is 0.200. The van der Waals surface area contributed by atoms with Crippen molar-refractivity contribution in [1.29, 1.82) is 0 Å². The summed E-state index contributed by atoms with van der Waals surface area (Å²) in [7, 11) is 0. The Labute approximate surface area is 195 Å². The number of halogens is 1. The molecule has 1 heterocycles. The van der Waals surface area contributed by atoms with Crippen LogP contribution in [0, 0.1) is 15.9 Å². The molecule has 0 radical (unpaired) electrons. The number of carbonyl (C=O) groups is 2. The number of anilines is 2. The van der Waals surface area contributed by atoms with Crippen LogP contribution in [0.3, 0.4) is 0 Å². The highest BCUT2D eigenvalue weighted by molar-refractivity contribution is 6.09. The molecule has 0 spiro atoms. The van der Waals surface area contributed by atoms with Crippen LogP contribution in [0.1, 0.15) is 39.6 Å². The topological polar surface area (TPSA) is 102 Å². The molecular weight excluding hydrogens is 441 g/mol. The number of nitrogens with one attached hydrogen (secondary N) is 1. The fourth-order valence-electron chi connectivity index (χ4n) is 3.97. The summed E-state index contributed by atoms with van der Waals surface area (Å²) >= 11 is 0. The smallest absolute Gasteiger partial charge is 0.311 e. The summed E-state index contributed by atoms with van der Waals surface area (Å²) in [6, 6.07) is 14.6. The number of benzene rings is 3. The third-order valence-corrected chi connectivity index (χ3v) is 5.55. The summed E-state index contributed by atoms with van der Waals surface area (Å²) in [6.07, 6.45) is 1.30. The van der Waals surface area contributed by atoms with Gasteiger partial charge in [-0.25, -0.2) is 4.39 Å². The van der Waals surface area contributed by atoms with Crippen LogP contribution in [0.25, 0.3) is 0 Å². The van der Waals surface area contributed by atoms with Crippen molar-refractivity contribution in [1.82, 2.24) is 0 Å². The molecule has 0 fully saturated rings. The second-order valence-corrected chi connectivity index (χ2v) is 7.70. The summed E-state index contributed by atoms with van der Waals surface area (Å²) in [5.74, 6) is -1.10. The summed E-state index contributed by atoms with van der Waals surface area (Å²) < 4.78 is 18.5. The maximum absolute atomic E-state index is 13.3. The number of hydrogen-bond acceptors (Lipinski definition) is 5. The second kappa shape index (κ2) is 9.70. The minimum Gasteiger partial charge on any atom is -0.487 e. The molecule has 0 saturated heterocycles. The lowest BCUT2D eigenvalue weighted by molar-refractivity contribution is -0.385. The monoisotopic (exact) mass is 463 g/mol. The molecule has 1 N–H and O–H groups in total. The van der Waals surface area contributed by atoms with E-state index < -0.39 is 10.7 Å². The first kappa shape index (κ1) is 22.9. The molecule has 0 bridgehead atoms. The Morgan fingerprint density at radius 3 is 2.56 bits per heavy atom. The molecule has 1 aliphatic heterocycles. The van der Waals surface area contributed by atoms with E-state index in [0.717, 1.165) is 5.56 Å². The molecule has 9 heteroatoms. The molecule has 1 aliphatic rings. The molecule has 8 nitrogen and oxygen atoms in total. The molecule has 0 aromatic heterocycles. The molecule has 3 aromatic carbocycles. The highest BCUT2D eigenvalue weighted by atomic mass is 19.1. The van der Waals surface area contributed by atoms with Gasteiger partial charge in [-0.15, -0.1) is 0 Å². The molecule has 2 amide bonds. The van der Waals surface area contributed by atoms with Crippen molar-refractivity contribution < 1.29 is 23.6 Å². The van der Waals surface area contributed by atoms with E-state index in [-0.39, 0.29) is 35.4 Å². The lowest BCUT2D eigenvalue weighted by atomic mass is 9.98. The van der Waals surface area contributed by atoms with Gasteiger partial charge in [0.15, 0.2) is 5.75 Å². The number of ether oxygens (including phenoxy) is 1. The lowest BCUT2D eigenvalue weighted by Crippen LogP contribution is -2.36. The van der Waals surface area contributed by atoms with Crippen LogP contribution < -0.4 is 15.0 Å². The van der Waals surface area contributed by atoms with Gasteiger partial charge in [0.1, 0.15) is 5.82 Å². The maximum atomic E-state index is 13.3. The van der Waals surface area contributed by atoms with Crippen LogP contribution in [0.4, 0.5) is 21.5 Å². The van der Waals surface area contributed by atoms with Crippen molar-refractivity contribution in [3.8, 4) is 5.75 Å². The Hall–Kier alpha value is -4.27.